The molecule has 366 valence electrons. The molecule has 0 aromatic carbocycles. The highest BCUT2D eigenvalue weighted by Crippen LogP contribution is 2.18. The van der Waals surface area contributed by atoms with E-state index in [9.17, 15) is 9.59 Å². The number of furan rings is 2. The summed E-state index contributed by atoms with van der Waals surface area (Å²) in [6.45, 7) is 20.6. The number of carbonyl (C=O) groups is 4. The first-order valence-electron chi connectivity index (χ1n) is 22.9. The van der Waals surface area contributed by atoms with Gasteiger partial charge in [-0.1, -0.05) is 0 Å². The fourth-order valence-electron chi connectivity index (χ4n) is 7.71. The van der Waals surface area contributed by atoms with Crippen LogP contribution in [0.25, 0.3) is 22.3 Å². The molecule has 2 saturated heterocycles. The van der Waals surface area contributed by atoms with Crippen LogP contribution in [0.15, 0.2) is 82.7 Å². The summed E-state index contributed by atoms with van der Waals surface area (Å²) in [6.07, 6.45) is 9.57. The molecule has 2 fully saturated rings. The smallest absolute Gasteiger partial charge is 0.414 e. The van der Waals surface area contributed by atoms with Crippen molar-refractivity contribution in [1.82, 2.24) is 59.3 Å². The number of fused-ring (bicyclic) bond motifs is 2. The molecule has 8 heterocycles. The zero-order chi connectivity index (χ0) is 48.1. The van der Waals surface area contributed by atoms with Crippen LogP contribution in [0.5, 0.6) is 0 Å². The zero-order valence-electron chi connectivity index (χ0n) is 38.7. The Morgan fingerprint density at radius 2 is 0.985 bits per heavy atom. The van der Waals surface area contributed by atoms with Crippen LogP contribution >= 0.6 is 0 Å². The number of ether oxygens (including phenoxy) is 2. The lowest BCUT2D eigenvalue weighted by molar-refractivity contribution is -0.159. The van der Waals surface area contributed by atoms with Gasteiger partial charge in [-0.15, -0.1) is 0 Å². The van der Waals surface area contributed by atoms with Crippen molar-refractivity contribution in [1.29, 1.82) is 0 Å². The number of aliphatic carboxylic acids is 2. The molecule has 2 aliphatic rings. The predicted molar refractivity (Wildman–Crippen MR) is 249 cm³/mol. The summed E-state index contributed by atoms with van der Waals surface area (Å²) in [6, 6.07) is 11.2. The van der Waals surface area contributed by atoms with Crippen LogP contribution in [-0.2, 0) is 45.2 Å². The number of rotatable bonds is 20. The minimum absolute atomic E-state index is 0.0908. The first-order chi connectivity index (χ1) is 33.1. The Kier molecular flexibility index (Phi) is 20.0. The fraction of sp³-hybridized carbons (Fsp3) is 0.478. The lowest BCUT2D eigenvalue weighted by Crippen LogP contribution is -2.48. The molecular formula is C46H62N12O10. The molecule has 6 aromatic heterocycles. The maximum absolute atomic E-state index is 12.0. The molecule has 0 atom stereocenters. The number of carbonyl (C=O) groups excluding carboxylic acids is 2. The van der Waals surface area contributed by atoms with E-state index in [-0.39, 0.29) is 11.8 Å². The molecule has 68 heavy (non-hydrogen) atoms. The molecule has 8 rings (SSSR count). The summed E-state index contributed by atoms with van der Waals surface area (Å²) in [5.74, 6) is -1.76. The van der Waals surface area contributed by atoms with E-state index in [2.05, 4.69) is 49.3 Å². The first kappa shape index (κ1) is 50.8. The lowest BCUT2D eigenvalue weighted by Gasteiger charge is -2.34. The summed E-state index contributed by atoms with van der Waals surface area (Å²) < 4.78 is 25.4. The maximum Gasteiger partial charge on any atom is 0.414 e. The third-order valence-corrected chi connectivity index (χ3v) is 11.3. The van der Waals surface area contributed by atoms with Crippen LogP contribution in [0, 0.1) is 0 Å². The second-order valence-corrected chi connectivity index (χ2v) is 15.8. The molecule has 2 amide bonds. The van der Waals surface area contributed by atoms with Crippen molar-refractivity contribution in [3.63, 3.8) is 0 Å². The van der Waals surface area contributed by atoms with E-state index in [4.69, 9.17) is 48.1 Å². The van der Waals surface area contributed by atoms with Crippen molar-refractivity contribution in [2.24, 2.45) is 0 Å². The Balaban J connectivity index is 0.000000200. The molecule has 0 unspecified atom stereocenters. The number of carboxylic acid groups (broad SMARTS) is 2. The van der Waals surface area contributed by atoms with Gasteiger partial charge < -0.3 is 48.3 Å². The van der Waals surface area contributed by atoms with E-state index in [1.54, 1.807) is 12.1 Å². The first-order valence-corrected chi connectivity index (χ1v) is 22.9. The van der Waals surface area contributed by atoms with Crippen molar-refractivity contribution in [3.05, 3.63) is 96.6 Å². The van der Waals surface area contributed by atoms with Gasteiger partial charge in [0, 0.05) is 117 Å². The number of amides is 2. The molecule has 0 spiro atoms. The fourth-order valence-corrected chi connectivity index (χ4v) is 7.71. The van der Waals surface area contributed by atoms with Gasteiger partial charge in [-0.2, -0.15) is 0 Å². The van der Waals surface area contributed by atoms with E-state index in [0.29, 0.717) is 50.6 Å². The number of hydrogen-bond donors (Lipinski definition) is 4. The number of nitrogens with zero attached hydrogens (tertiary/aromatic N) is 10. The van der Waals surface area contributed by atoms with Crippen LogP contribution in [-0.4, -0.2) is 188 Å². The van der Waals surface area contributed by atoms with E-state index in [1.165, 1.54) is 25.1 Å². The van der Waals surface area contributed by atoms with Crippen LogP contribution in [0.3, 0.4) is 0 Å². The molecule has 6 aromatic rings. The van der Waals surface area contributed by atoms with Gasteiger partial charge in [-0.05, 0) is 50.2 Å². The second kappa shape index (κ2) is 26.7. The minimum Gasteiger partial charge on any atom is -0.473 e. The summed E-state index contributed by atoms with van der Waals surface area (Å²) in [7, 11) is 0. The molecular weight excluding hydrogens is 881 g/mol. The molecule has 22 heteroatoms. The third kappa shape index (κ3) is 15.2. The predicted octanol–water partition coefficient (Wildman–Crippen LogP) is 2.37. The van der Waals surface area contributed by atoms with E-state index in [0.717, 1.165) is 126 Å². The van der Waals surface area contributed by atoms with Gasteiger partial charge in [0.25, 0.3) is 11.8 Å². The van der Waals surface area contributed by atoms with E-state index in [1.807, 2.05) is 50.5 Å². The monoisotopic (exact) mass is 942 g/mol. The average Bonchev–Trinajstić information content (AvgIpc) is 4.19. The SMILES string of the molecule is CCOCCn1c(CN2CCN(CCNC(=O)c3ccoc3)CC2)nc2cccnc21.CCOCCn1c(CN2CCN(CCNC(=O)c3ccoc3)CC2)nc2cccnc21.O=C(O)C(=O)O. The van der Waals surface area contributed by atoms with E-state index >= 15 is 0 Å². The Bertz CT molecular complexity index is 2290. The number of carboxylic acids is 2. The second-order valence-electron chi connectivity index (χ2n) is 15.8. The summed E-state index contributed by atoms with van der Waals surface area (Å²) in [4.78, 5) is 70.5. The molecule has 22 nitrogen and oxygen atoms in total. The minimum atomic E-state index is -1.82. The number of pyridine rings is 2. The maximum atomic E-state index is 12.0. The highest BCUT2D eigenvalue weighted by Gasteiger charge is 2.22. The Morgan fingerprint density at radius 3 is 1.34 bits per heavy atom. The van der Waals surface area contributed by atoms with Crippen LogP contribution < -0.4 is 10.6 Å². The summed E-state index contributed by atoms with van der Waals surface area (Å²) in [5.41, 5.74) is 4.83. The third-order valence-electron chi connectivity index (χ3n) is 11.3. The average molecular weight is 943 g/mol. The molecule has 0 saturated carbocycles. The molecule has 4 N–H and O–H groups in total. The van der Waals surface area contributed by atoms with Gasteiger partial charge in [0.2, 0.25) is 0 Å². The molecule has 2 aliphatic heterocycles. The zero-order valence-corrected chi connectivity index (χ0v) is 38.7. The van der Waals surface area contributed by atoms with Gasteiger partial charge in [-0.25, -0.2) is 29.5 Å². The topological polar surface area (TPSA) is 252 Å². The van der Waals surface area contributed by atoms with Crippen LogP contribution in [0.2, 0.25) is 0 Å². The largest absolute Gasteiger partial charge is 0.473 e. The number of piperazine rings is 2. The Hall–Kier alpha value is -6.56. The number of aromatic nitrogens is 6. The number of hydrogen-bond acceptors (Lipinski definition) is 16. The summed E-state index contributed by atoms with van der Waals surface area (Å²) >= 11 is 0. The van der Waals surface area contributed by atoms with Gasteiger partial charge in [0.1, 0.15) is 35.2 Å². The van der Waals surface area contributed by atoms with Gasteiger partial charge in [0.05, 0.1) is 50.0 Å². The number of imidazole rings is 2. The van der Waals surface area contributed by atoms with Gasteiger partial charge in [-0.3, -0.25) is 29.2 Å². The van der Waals surface area contributed by atoms with Crippen molar-refractivity contribution in [2.45, 2.75) is 40.0 Å². The van der Waals surface area contributed by atoms with Gasteiger partial charge in [0.15, 0.2) is 11.3 Å². The van der Waals surface area contributed by atoms with E-state index < -0.39 is 11.9 Å². The number of nitrogens with one attached hydrogen (secondary N) is 2. The van der Waals surface area contributed by atoms with Crippen molar-refractivity contribution < 1.29 is 47.7 Å². The molecule has 0 radical (unpaired) electrons. The van der Waals surface area contributed by atoms with Crippen LogP contribution in [0.4, 0.5) is 0 Å². The highest BCUT2D eigenvalue weighted by molar-refractivity contribution is 6.27. The summed E-state index contributed by atoms with van der Waals surface area (Å²) in [5, 5.41) is 20.7. The lowest BCUT2D eigenvalue weighted by atomic mass is 10.3. The quantitative estimate of drug-likeness (QED) is 0.0633. The highest BCUT2D eigenvalue weighted by atomic mass is 16.5. The molecule has 0 aliphatic carbocycles. The van der Waals surface area contributed by atoms with Crippen molar-refractivity contribution in [3.8, 4) is 0 Å². The van der Waals surface area contributed by atoms with Crippen molar-refractivity contribution >= 4 is 46.1 Å². The van der Waals surface area contributed by atoms with Gasteiger partial charge >= 0.3 is 11.9 Å². The standard InChI is InChI=1S/2C22H30N6O3.C2H2O4/c2*1-2-30-15-13-28-20(25-19-4-3-6-23-21(19)28)16-27-11-9-26(10-12-27)8-7-24-22(29)18-5-14-31-17-18;3-1(4)2(5)6/h2*3-6,14,17H,2,7-13,15-16H2,1H3,(H,24,29);(H,3,4)(H,5,6). The van der Waals surface area contributed by atoms with Crippen LogP contribution in [0.1, 0.15) is 46.2 Å². The molecule has 0 bridgehead atoms. The Labute approximate surface area is 393 Å². The Morgan fingerprint density at radius 1 is 0.588 bits per heavy atom. The normalized spacial score (nSPS) is 14.8. The van der Waals surface area contributed by atoms with Crippen molar-refractivity contribution in [2.75, 3.05) is 105 Å².